The third-order valence-electron chi connectivity index (χ3n) is 9.42. The van der Waals surface area contributed by atoms with Crippen molar-refractivity contribution in [3.8, 4) is 0 Å². The number of carbonyl (C=O) groups excluding carboxylic acids is 3. The standard InChI is InChI=1S/C23H30O9S/c24-19(22-8-12-4-13(9-22)6-14(5-12)10-22)31-17-15-7-16-18(17)32-21(26)23(16,11-15)20(25)30-2-1-3-33(27,28)29/h12-18H,1-11H2,(H,27,28,29). The molecule has 9 nitrogen and oxygen atoms in total. The van der Waals surface area contributed by atoms with Gasteiger partial charge in [-0.2, -0.15) is 8.42 Å². The van der Waals surface area contributed by atoms with Crippen molar-refractivity contribution in [2.24, 2.45) is 40.4 Å². The molecule has 10 heteroatoms. The van der Waals surface area contributed by atoms with Crippen molar-refractivity contribution < 1.29 is 41.6 Å². The Morgan fingerprint density at radius 3 is 2.24 bits per heavy atom. The number of esters is 3. The fourth-order valence-corrected chi connectivity index (χ4v) is 9.06. The third kappa shape index (κ3) is 3.26. The second kappa shape index (κ2) is 7.16. The summed E-state index contributed by atoms with van der Waals surface area (Å²) in [4.78, 5) is 39.1. The largest absolute Gasteiger partial charge is 0.465 e. The van der Waals surface area contributed by atoms with Gasteiger partial charge in [-0.05, 0) is 75.5 Å². The Hall–Kier alpha value is -1.68. The van der Waals surface area contributed by atoms with Crippen LogP contribution in [0.15, 0.2) is 0 Å². The molecule has 6 aliphatic carbocycles. The number of hydrogen-bond donors (Lipinski definition) is 1. The first-order valence-electron chi connectivity index (χ1n) is 12.1. The highest BCUT2D eigenvalue weighted by Crippen LogP contribution is 2.64. The number of rotatable bonds is 7. The molecule has 0 aromatic rings. The summed E-state index contributed by atoms with van der Waals surface area (Å²) in [7, 11) is -4.14. The first kappa shape index (κ1) is 21.8. The number of ether oxygens (including phenoxy) is 3. The first-order chi connectivity index (χ1) is 15.6. The molecule has 1 aliphatic heterocycles. The fraction of sp³-hybridized carbons (Fsp3) is 0.870. The predicted molar refractivity (Wildman–Crippen MR) is 111 cm³/mol. The summed E-state index contributed by atoms with van der Waals surface area (Å²) in [5.74, 6) is -0.649. The van der Waals surface area contributed by atoms with Crippen molar-refractivity contribution in [2.45, 2.75) is 70.0 Å². The second-order valence-electron chi connectivity index (χ2n) is 11.5. The zero-order valence-corrected chi connectivity index (χ0v) is 19.3. The van der Waals surface area contributed by atoms with E-state index in [0.717, 1.165) is 19.3 Å². The van der Waals surface area contributed by atoms with Crippen molar-refractivity contribution in [2.75, 3.05) is 12.4 Å². The smallest absolute Gasteiger partial charge is 0.324 e. The number of hydrogen-bond acceptors (Lipinski definition) is 8. The first-order valence-corrected chi connectivity index (χ1v) is 13.8. The number of carbonyl (C=O) groups is 3. The zero-order chi connectivity index (χ0) is 23.2. The van der Waals surface area contributed by atoms with E-state index in [2.05, 4.69) is 0 Å². The van der Waals surface area contributed by atoms with E-state index in [1.54, 1.807) is 0 Å². The van der Waals surface area contributed by atoms with Gasteiger partial charge in [0.1, 0.15) is 12.2 Å². The second-order valence-corrected chi connectivity index (χ2v) is 13.1. The lowest BCUT2D eigenvalue weighted by atomic mass is 9.49. The topological polar surface area (TPSA) is 133 Å². The predicted octanol–water partition coefficient (Wildman–Crippen LogP) is 1.89. The Morgan fingerprint density at radius 1 is 1.00 bits per heavy atom. The van der Waals surface area contributed by atoms with E-state index in [0.29, 0.717) is 24.2 Å². The zero-order valence-electron chi connectivity index (χ0n) is 18.4. The lowest BCUT2D eigenvalue weighted by Crippen LogP contribution is -2.52. The van der Waals surface area contributed by atoms with Gasteiger partial charge in [0, 0.05) is 11.8 Å². The van der Waals surface area contributed by atoms with Gasteiger partial charge in [0.15, 0.2) is 5.41 Å². The third-order valence-corrected chi connectivity index (χ3v) is 10.2. The van der Waals surface area contributed by atoms with Crippen LogP contribution in [0.1, 0.15) is 57.8 Å². The van der Waals surface area contributed by atoms with Crippen LogP contribution >= 0.6 is 0 Å². The van der Waals surface area contributed by atoms with Gasteiger partial charge in [-0.3, -0.25) is 18.9 Å². The summed E-state index contributed by atoms with van der Waals surface area (Å²) in [6, 6.07) is 0. The average molecular weight is 483 g/mol. The van der Waals surface area contributed by atoms with Crippen molar-refractivity contribution in [1.82, 2.24) is 0 Å². The summed E-state index contributed by atoms with van der Waals surface area (Å²) in [5, 5.41) is 0. The van der Waals surface area contributed by atoms with E-state index >= 15 is 0 Å². The van der Waals surface area contributed by atoms with Crippen LogP contribution in [0.5, 0.6) is 0 Å². The quantitative estimate of drug-likeness (QED) is 0.190. The lowest BCUT2D eigenvalue weighted by molar-refractivity contribution is -0.185. The molecule has 5 unspecified atom stereocenters. The monoisotopic (exact) mass is 482 g/mol. The van der Waals surface area contributed by atoms with Crippen molar-refractivity contribution in [3.05, 3.63) is 0 Å². The van der Waals surface area contributed by atoms with Gasteiger partial charge in [-0.15, -0.1) is 0 Å². The molecular weight excluding hydrogens is 452 g/mol. The molecule has 1 heterocycles. The molecule has 0 spiro atoms. The van der Waals surface area contributed by atoms with Gasteiger partial charge in [0.05, 0.1) is 17.8 Å². The SMILES string of the molecule is O=C(OC1C2CC3C1OC(=O)C3(C(=O)OCCCS(=O)(=O)O)C2)C12CC3CC(CC(C3)C1)C2. The maximum absolute atomic E-state index is 13.4. The lowest BCUT2D eigenvalue weighted by Gasteiger charge is -2.55. The number of fused-ring (bicyclic) bond motifs is 1. The van der Waals surface area contributed by atoms with Gasteiger partial charge in [-0.1, -0.05) is 0 Å². The minimum Gasteiger partial charge on any atom is -0.465 e. The summed E-state index contributed by atoms with van der Waals surface area (Å²) in [6.45, 7) is -0.208. The highest BCUT2D eigenvalue weighted by Gasteiger charge is 2.75. The van der Waals surface area contributed by atoms with E-state index in [9.17, 15) is 22.8 Å². The molecule has 1 N–H and O–H groups in total. The molecule has 7 rings (SSSR count). The molecule has 1 saturated heterocycles. The molecule has 0 aromatic heterocycles. The summed E-state index contributed by atoms with van der Waals surface area (Å²) >= 11 is 0. The van der Waals surface area contributed by atoms with Crippen LogP contribution < -0.4 is 0 Å². The van der Waals surface area contributed by atoms with Gasteiger partial charge in [-0.25, -0.2) is 0 Å². The Bertz CT molecular complexity index is 968. The van der Waals surface area contributed by atoms with Crippen LogP contribution in [0.25, 0.3) is 0 Å². The van der Waals surface area contributed by atoms with E-state index in [4.69, 9.17) is 18.8 Å². The maximum Gasteiger partial charge on any atom is 0.324 e. The van der Waals surface area contributed by atoms with Crippen LogP contribution in [0, 0.1) is 40.4 Å². The minimum absolute atomic E-state index is 0.0570. The molecule has 0 aromatic carbocycles. The van der Waals surface area contributed by atoms with Crippen molar-refractivity contribution in [3.63, 3.8) is 0 Å². The average Bonchev–Trinajstić information content (AvgIpc) is 3.32. The van der Waals surface area contributed by atoms with Crippen LogP contribution in [0.3, 0.4) is 0 Å². The van der Waals surface area contributed by atoms with Crippen LogP contribution in [0.2, 0.25) is 0 Å². The molecule has 33 heavy (non-hydrogen) atoms. The Kier molecular flexibility index (Phi) is 4.74. The maximum atomic E-state index is 13.4. The van der Waals surface area contributed by atoms with Crippen LogP contribution in [-0.2, 0) is 38.7 Å². The highest BCUT2D eigenvalue weighted by molar-refractivity contribution is 7.85. The van der Waals surface area contributed by atoms with E-state index < -0.39 is 51.4 Å². The molecule has 6 bridgehead atoms. The molecular formula is C23H30O9S. The van der Waals surface area contributed by atoms with E-state index in [1.807, 2.05) is 0 Å². The fourth-order valence-electron chi connectivity index (χ4n) is 8.58. The van der Waals surface area contributed by atoms with Crippen molar-refractivity contribution in [1.29, 1.82) is 0 Å². The molecule has 182 valence electrons. The normalized spacial score (nSPS) is 46.5. The van der Waals surface area contributed by atoms with Crippen LogP contribution in [-0.4, -0.2) is 55.4 Å². The highest BCUT2D eigenvalue weighted by atomic mass is 32.2. The summed E-state index contributed by atoms with van der Waals surface area (Å²) < 4.78 is 47.4. The Morgan fingerprint density at radius 2 is 1.64 bits per heavy atom. The molecule has 0 amide bonds. The Labute approximate surface area is 192 Å². The summed E-state index contributed by atoms with van der Waals surface area (Å²) in [5.41, 5.74) is -1.78. The van der Waals surface area contributed by atoms with Gasteiger partial charge < -0.3 is 14.2 Å². The van der Waals surface area contributed by atoms with E-state index in [-0.39, 0.29) is 36.8 Å². The molecule has 6 saturated carbocycles. The Balaban J connectivity index is 1.12. The summed E-state index contributed by atoms with van der Waals surface area (Å²) in [6.07, 6.45) is 6.01. The minimum atomic E-state index is -4.14. The molecule has 5 atom stereocenters. The molecule has 7 fully saturated rings. The van der Waals surface area contributed by atoms with E-state index in [1.165, 1.54) is 19.3 Å². The van der Waals surface area contributed by atoms with Gasteiger partial charge in [0.2, 0.25) is 0 Å². The molecule has 7 aliphatic rings. The van der Waals surface area contributed by atoms with Crippen molar-refractivity contribution >= 4 is 28.0 Å². The van der Waals surface area contributed by atoms with Gasteiger partial charge in [0.25, 0.3) is 10.1 Å². The van der Waals surface area contributed by atoms with Gasteiger partial charge >= 0.3 is 17.9 Å². The van der Waals surface area contributed by atoms with Crippen LogP contribution in [0.4, 0.5) is 0 Å². The molecule has 0 radical (unpaired) electrons.